The van der Waals surface area contributed by atoms with Crippen LogP contribution in [0.5, 0.6) is 0 Å². The Morgan fingerprint density at radius 1 is 1.70 bits per heavy atom. The van der Waals surface area contributed by atoms with Gasteiger partial charge in [0.15, 0.2) is 0 Å². The van der Waals surface area contributed by atoms with Crippen molar-refractivity contribution in [2.75, 3.05) is 7.11 Å². The Kier molecular flexibility index (Phi) is 3.20. The van der Waals surface area contributed by atoms with Crippen molar-refractivity contribution >= 4 is 12.0 Å². The Morgan fingerprint density at radius 3 is 2.50 bits per heavy atom. The Morgan fingerprint density at radius 2 is 2.20 bits per heavy atom. The number of carbonyl (C=O) groups excluding carboxylic acids is 2. The standard InChI is InChI=1S/C4H8N2O4/c1-10-3(8)2(7)6-4(5)9/h2,7H,1H3,(H3,5,6,9)/t2-/m1/s1. The minimum absolute atomic E-state index is 0.959. The average Bonchev–Trinajstić information content (AvgIpc) is 1.85. The summed E-state index contributed by atoms with van der Waals surface area (Å²) >= 11 is 0. The fourth-order valence-corrected chi connectivity index (χ4v) is 0.305. The van der Waals surface area contributed by atoms with Gasteiger partial charge >= 0.3 is 12.0 Å². The molecule has 0 saturated carbocycles. The van der Waals surface area contributed by atoms with Crippen molar-refractivity contribution in [2.24, 2.45) is 5.73 Å². The van der Waals surface area contributed by atoms with E-state index in [0.717, 1.165) is 7.11 Å². The van der Waals surface area contributed by atoms with Crippen molar-refractivity contribution in [2.45, 2.75) is 6.23 Å². The molecule has 58 valence electrons. The molecule has 0 heterocycles. The minimum Gasteiger partial charge on any atom is -0.466 e. The zero-order valence-electron chi connectivity index (χ0n) is 5.33. The lowest BCUT2D eigenvalue weighted by molar-refractivity contribution is -0.151. The molecule has 6 heteroatoms. The number of primary amides is 1. The summed E-state index contributed by atoms with van der Waals surface area (Å²) in [6, 6.07) is -0.988. The molecule has 10 heavy (non-hydrogen) atoms. The molecule has 0 aliphatic heterocycles. The second kappa shape index (κ2) is 3.67. The highest BCUT2D eigenvalue weighted by molar-refractivity contribution is 5.81. The molecule has 6 nitrogen and oxygen atoms in total. The maximum atomic E-state index is 10.3. The Labute approximate surface area is 57.0 Å². The number of hydrogen-bond donors (Lipinski definition) is 3. The number of aliphatic hydroxyl groups is 1. The lowest BCUT2D eigenvalue weighted by Gasteiger charge is -2.06. The van der Waals surface area contributed by atoms with Crippen molar-refractivity contribution in [1.29, 1.82) is 0 Å². The molecule has 0 fully saturated rings. The van der Waals surface area contributed by atoms with Gasteiger partial charge in [-0.15, -0.1) is 0 Å². The average molecular weight is 148 g/mol. The second-order valence-electron chi connectivity index (χ2n) is 1.43. The molecular formula is C4H8N2O4. The Balaban J connectivity index is 3.72. The lowest BCUT2D eigenvalue weighted by Crippen LogP contribution is -2.43. The molecule has 1 atom stereocenters. The number of carbonyl (C=O) groups is 2. The van der Waals surface area contributed by atoms with Gasteiger partial charge in [0.2, 0.25) is 6.23 Å². The summed E-state index contributed by atoms with van der Waals surface area (Å²) < 4.78 is 4.05. The summed E-state index contributed by atoms with van der Waals surface area (Å²) in [6.45, 7) is 0. The van der Waals surface area contributed by atoms with E-state index in [1.165, 1.54) is 0 Å². The Bertz CT molecular complexity index is 146. The van der Waals surface area contributed by atoms with Crippen molar-refractivity contribution in [3.05, 3.63) is 0 Å². The van der Waals surface area contributed by atoms with Crippen molar-refractivity contribution in [1.82, 2.24) is 5.32 Å². The maximum absolute atomic E-state index is 10.3. The Hall–Kier alpha value is -1.30. The van der Waals surface area contributed by atoms with Crippen LogP contribution in [0.4, 0.5) is 4.79 Å². The number of amides is 2. The number of ether oxygens (including phenoxy) is 1. The third kappa shape index (κ3) is 2.88. The third-order valence-corrected chi connectivity index (χ3v) is 0.703. The van der Waals surface area contributed by atoms with E-state index in [1.54, 1.807) is 5.32 Å². The van der Waals surface area contributed by atoms with Crippen LogP contribution in [0, 0.1) is 0 Å². The number of nitrogens with two attached hydrogens (primary N) is 1. The smallest absolute Gasteiger partial charge is 0.356 e. The lowest BCUT2D eigenvalue weighted by atomic mass is 10.6. The molecule has 2 amide bonds. The highest BCUT2D eigenvalue weighted by atomic mass is 16.5. The maximum Gasteiger partial charge on any atom is 0.356 e. The van der Waals surface area contributed by atoms with Gasteiger partial charge < -0.3 is 20.9 Å². The van der Waals surface area contributed by atoms with Crippen LogP contribution in [-0.4, -0.2) is 30.4 Å². The topological polar surface area (TPSA) is 102 Å². The molecule has 0 aromatic carbocycles. The molecule has 0 radical (unpaired) electrons. The van der Waals surface area contributed by atoms with Gasteiger partial charge in [0, 0.05) is 0 Å². The molecule has 0 rings (SSSR count). The van der Waals surface area contributed by atoms with E-state index in [0.29, 0.717) is 0 Å². The number of esters is 1. The van der Waals surface area contributed by atoms with E-state index in [4.69, 9.17) is 5.11 Å². The van der Waals surface area contributed by atoms with Crippen LogP contribution < -0.4 is 11.1 Å². The van der Waals surface area contributed by atoms with Crippen LogP contribution in [-0.2, 0) is 9.53 Å². The van der Waals surface area contributed by atoms with Crippen LogP contribution in [0.1, 0.15) is 0 Å². The number of methoxy groups -OCH3 is 1. The number of urea groups is 1. The number of aliphatic hydroxyl groups excluding tert-OH is 1. The van der Waals surface area contributed by atoms with Crippen LogP contribution >= 0.6 is 0 Å². The number of nitrogens with one attached hydrogen (secondary N) is 1. The predicted octanol–water partition coefficient (Wildman–Crippen LogP) is -1.85. The second-order valence-corrected chi connectivity index (χ2v) is 1.43. The number of rotatable bonds is 2. The first kappa shape index (κ1) is 8.70. The van der Waals surface area contributed by atoms with E-state index < -0.39 is 18.2 Å². The summed E-state index contributed by atoms with van der Waals surface area (Å²) in [4.78, 5) is 20.3. The van der Waals surface area contributed by atoms with E-state index >= 15 is 0 Å². The molecule has 0 spiro atoms. The van der Waals surface area contributed by atoms with Crippen molar-refractivity contribution < 1.29 is 19.4 Å². The summed E-state index contributed by atoms with van der Waals surface area (Å²) in [7, 11) is 1.08. The number of hydrogen-bond acceptors (Lipinski definition) is 4. The summed E-state index contributed by atoms with van der Waals surface area (Å²) in [5.74, 6) is -0.959. The van der Waals surface area contributed by atoms with Gasteiger partial charge in [0.05, 0.1) is 7.11 Å². The SMILES string of the molecule is COC(=O)[C@@H](O)NC(N)=O. The van der Waals surface area contributed by atoms with Crippen LogP contribution in [0.3, 0.4) is 0 Å². The first-order chi connectivity index (χ1) is 4.57. The largest absolute Gasteiger partial charge is 0.466 e. The molecule has 0 saturated heterocycles. The van der Waals surface area contributed by atoms with E-state index in [9.17, 15) is 9.59 Å². The fraction of sp³-hybridized carbons (Fsp3) is 0.500. The first-order valence-corrected chi connectivity index (χ1v) is 2.39. The van der Waals surface area contributed by atoms with Gasteiger partial charge in [-0.05, 0) is 0 Å². The zero-order valence-corrected chi connectivity index (χ0v) is 5.33. The monoisotopic (exact) mass is 148 g/mol. The highest BCUT2D eigenvalue weighted by Crippen LogP contribution is 1.79. The van der Waals surface area contributed by atoms with Crippen LogP contribution in [0.15, 0.2) is 0 Å². The van der Waals surface area contributed by atoms with Gasteiger partial charge in [-0.3, -0.25) is 0 Å². The van der Waals surface area contributed by atoms with E-state index in [-0.39, 0.29) is 0 Å². The molecular weight excluding hydrogens is 140 g/mol. The predicted molar refractivity (Wildman–Crippen MR) is 30.7 cm³/mol. The molecule has 0 unspecified atom stereocenters. The van der Waals surface area contributed by atoms with E-state index in [2.05, 4.69) is 10.5 Å². The van der Waals surface area contributed by atoms with Crippen molar-refractivity contribution in [3.63, 3.8) is 0 Å². The van der Waals surface area contributed by atoms with Crippen LogP contribution in [0.2, 0.25) is 0 Å². The highest BCUT2D eigenvalue weighted by Gasteiger charge is 2.15. The third-order valence-electron chi connectivity index (χ3n) is 0.703. The summed E-state index contributed by atoms with van der Waals surface area (Å²) in [5, 5.41) is 10.3. The van der Waals surface area contributed by atoms with Gasteiger partial charge in [0.25, 0.3) is 0 Å². The molecule has 0 aromatic rings. The van der Waals surface area contributed by atoms with Gasteiger partial charge in [0.1, 0.15) is 0 Å². The molecule has 4 N–H and O–H groups in total. The quantitative estimate of drug-likeness (QED) is 0.316. The van der Waals surface area contributed by atoms with Gasteiger partial charge in [-0.2, -0.15) is 0 Å². The van der Waals surface area contributed by atoms with Gasteiger partial charge in [-0.25, -0.2) is 9.59 Å². The molecule has 0 bridgehead atoms. The van der Waals surface area contributed by atoms with Crippen molar-refractivity contribution in [3.8, 4) is 0 Å². The van der Waals surface area contributed by atoms with Gasteiger partial charge in [-0.1, -0.05) is 0 Å². The van der Waals surface area contributed by atoms with E-state index in [1.807, 2.05) is 0 Å². The normalized spacial score (nSPS) is 11.8. The molecule has 0 aliphatic carbocycles. The van der Waals surface area contributed by atoms with Crippen LogP contribution in [0.25, 0.3) is 0 Å². The summed E-state index contributed by atoms with van der Waals surface area (Å²) in [5.41, 5.74) is 4.57. The minimum atomic E-state index is -1.68. The fourth-order valence-electron chi connectivity index (χ4n) is 0.305. The molecule has 0 aliphatic rings. The molecule has 0 aromatic heterocycles. The first-order valence-electron chi connectivity index (χ1n) is 2.39. The zero-order chi connectivity index (χ0) is 8.15. The summed E-state index contributed by atoms with van der Waals surface area (Å²) in [6.07, 6.45) is -1.68.